The van der Waals surface area contributed by atoms with Crippen LogP contribution in [0.25, 0.3) is 0 Å². The zero-order valence-corrected chi connectivity index (χ0v) is 12.1. The molecule has 1 saturated heterocycles. The standard InChI is InChI=1S/C13H24N2O5/c1-3-15(7-8-19-4-2)13(18)14-9-10-5-6-11(20-10)12(16)17/h10-11H,3-9H2,1-2H3,(H,14,18)(H,16,17). The van der Waals surface area contributed by atoms with Crippen LogP contribution in [-0.4, -0.2) is 67.1 Å². The van der Waals surface area contributed by atoms with E-state index in [0.717, 1.165) is 0 Å². The molecule has 0 spiro atoms. The van der Waals surface area contributed by atoms with Crippen molar-refractivity contribution >= 4 is 12.0 Å². The normalized spacial score (nSPS) is 21.7. The second-order valence-corrected chi connectivity index (χ2v) is 4.62. The van der Waals surface area contributed by atoms with Crippen LogP contribution in [0.1, 0.15) is 26.7 Å². The van der Waals surface area contributed by atoms with Crippen molar-refractivity contribution in [3.05, 3.63) is 0 Å². The smallest absolute Gasteiger partial charge is 0.332 e. The Balaban J connectivity index is 2.26. The topological polar surface area (TPSA) is 88.1 Å². The van der Waals surface area contributed by atoms with E-state index in [1.54, 1.807) is 4.90 Å². The number of carboxylic acids is 1. The second kappa shape index (κ2) is 8.76. The van der Waals surface area contributed by atoms with Gasteiger partial charge in [0.05, 0.1) is 12.7 Å². The van der Waals surface area contributed by atoms with Crippen LogP contribution in [0.2, 0.25) is 0 Å². The lowest BCUT2D eigenvalue weighted by Crippen LogP contribution is -2.44. The molecule has 1 heterocycles. The molecular weight excluding hydrogens is 264 g/mol. The number of aliphatic carboxylic acids is 1. The second-order valence-electron chi connectivity index (χ2n) is 4.62. The van der Waals surface area contributed by atoms with Crippen LogP contribution in [-0.2, 0) is 14.3 Å². The average Bonchev–Trinajstić information content (AvgIpc) is 2.90. The number of carbonyl (C=O) groups is 2. The Morgan fingerprint density at radius 2 is 2.15 bits per heavy atom. The summed E-state index contributed by atoms with van der Waals surface area (Å²) < 4.78 is 10.6. The maximum absolute atomic E-state index is 11.9. The summed E-state index contributed by atoms with van der Waals surface area (Å²) >= 11 is 0. The van der Waals surface area contributed by atoms with Crippen LogP contribution >= 0.6 is 0 Å². The van der Waals surface area contributed by atoms with Crippen molar-refractivity contribution in [3.8, 4) is 0 Å². The van der Waals surface area contributed by atoms with E-state index in [1.165, 1.54) is 0 Å². The van der Waals surface area contributed by atoms with E-state index >= 15 is 0 Å². The molecule has 0 aromatic rings. The number of nitrogens with zero attached hydrogens (tertiary/aromatic N) is 1. The number of urea groups is 1. The van der Waals surface area contributed by atoms with Crippen molar-refractivity contribution in [2.45, 2.75) is 38.9 Å². The summed E-state index contributed by atoms with van der Waals surface area (Å²) in [6, 6.07) is -0.172. The van der Waals surface area contributed by atoms with Crippen molar-refractivity contribution < 1.29 is 24.2 Å². The number of rotatable bonds is 8. The van der Waals surface area contributed by atoms with Crippen LogP contribution in [0.3, 0.4) is 0 Å². The number of nitrogens with one attached hydrogen (secondary N) is 1. The lowest BCUT2D eigenvalue weighted by atomic mass is 10.2. The Kier molecular flexibility index (Phi) is 7.32. The van der Waals surface area contributed by atoms with E-state index in [0.29, 0.717) is 45.7 Å². The molecule has 1 aliphatic heterocycles. The van der Waals surface area contributed by atoms with E-state index in [4.69, 9.17) is 14.6 Å². The fourth-order valence-corrected chi connectivity index (χ4v) is 2.07. The molecule has 7 heteroatoms. The van der Waals surface area contributed by atoms with Gasteiger partial charge in [-0.15, -0.1) is 0 Å². The van der Waals surface area contributed by atoms with Crippen molar-refractivity contribution in [3.63, 3.8) is 0 Å². The molecule has 0 aromatic heterocycles. The van der Waals surface area contributed by atoms with E-state index in [9.17, 15) is 9.59 Å². The fourth-order valence-electron chi connectivity index (χ4n) is 2.07. The molecule has 20 heavy (non-hydrogen) atoms. The summed E-state index contributed by atoms with van der Waals surface area (Å²) in [5, 5.41) is 11.6. The largest absolute Gasteiger partial charge is 0.479 e. The predicted molar refractivity (Wildman–Crippen MR) is 72.7 cm³/mol. The number of carboxylic acid groups (broad SMARTS) is 1. The third-order valence-corrected chi connectivity index (χ3v) is 3.24. The molecular formula is C13H24N2O5. The first-order valence-electron chi connectivity index (χ1n) is 7.07. The Hall–Kier alpha value is -1.34. The molecule has 1 rings (SSSR count). The molecule has 0 bridgehead atoms. The Morgan fingerprint density at radius 1 is 1.40 bits per heavy atom. The fraction of sp³-hybridized carbons (Fsp3) is 0.846. The summed E-state index contributed by atoms with van der Waals surface area (Å²) in [6.45, 7) is 6.44. The first kappa shape index (κ1) is 16.7. The molecule has 7 nitrogen and oxygen atoms in total. The quantitative estimate of drug-likeness (QED) is 0.641. The van der Waals surface area contributed by atoms with Crippen LogP contribution in [0.15, 0.2) is 0 Å². The van der Waals surface area contributed by atoms with Gasteiger partial charge in [-0.2, -0.15) is 0 Å². The van der Waals surface area contributed by atoms with Gasteiger partial charge >= 0.3 is 12.0 Å². The van der Waals surface area contributed by atoms with Gasteiger partial charge in [0, 0.05) is 26.2 Å². The minimum absolute atomic E-state index is 0.172. The highest BCUT2D eigenvalue weighted by Gasteiger charge is 2.30. The lowest BCUT2D eigenvalue weighted by molar-refractivity contribution is -0.149. The Bertz CT molecular complexity index is 324. The maximum atomic E-state index is 11.9. The maximum Gasteiger partial charge on any atom is 0.332 e. The highest BCUT2D eigenvalue weighted by atomic mass is 16.5. The van der Waals surface area contributed by atoms with Gasteiger partial charge < -0.3 is 24.8 Å². The molecule has 0 aliphatic carbocycles. The lowest BCUT2D eigenvalue weighted by Gasteiger charge is -2.22. The Labute approximate surface area is 119 Å². The highest BCUT2D eigenvalue weighted by molar-refractivity contribution is 5.74. The monoisotopic (exact) mass is 288 g/mol. The van der Waals surface area contributed by atoms with Crippen molar-refractivity contribution in [1.82, 2.24) is 10.2 Å². The number of likely N-dealkylation sites (N-methyl/N-ethyl adjacent to an activating group) is 1. The SMILES string of the molecule is CCOCCN(CC)C(=O)NCC1CCC(C(=O)O)O1. The number of hydrogen-bond donors (Lipinski definition) is 2. The van der Waals surface area contributed by atoms with Gasteiger partial charge in [0.1, 0.15) is 0 Å². The van der Waals surface area contributed by atoms with E-state index < -0.39 is 12.1 Å². The highest BCUT2D eigenvalue weighted by Crippen LogP contribution is 2.19. The van der Waals surface area contributed by atoms with Gasteiger partial charge in [0.25, 0.3) is 0 Å². The number of amides is 2. The molecule has 2 unspecified atom stereocenters. The van der Waals surface area contributed by atoms with Gasteiger partial charge in [-0.3, -0.25) is 0 Å². The van der Waals surface area contributed by atoms with Crippen molar-refractivity contribution in [2.75, 3.05) is 32.8 Å². The van der Waals surface area contributed by atoms with Crippen molar-refractivity contribution in [1.29, 1.82) is 0 Å². The first-order chi connectivity index (χ1) is 9.58. The molecule has 2 atom stereocenters. The molecule has 0 saturated carbocycles. The van der Waals surface area contributed by atoms with Gasteiger partial charge in [0.15, 0.2) is 6.10 Å². The van der Waals surface area contributed by atoms with Gasteiger partial charge in [0.2, 0.25) is 0 Å². The number of carbonyl (C=O) groups excluding carboxylic acids is 1. The molecule has 1 fully saturated rings. The minimum atomic E-state index is -0.939. The van der Waals surface area contributed by atoms with Gasteiger partial charge in [-0.05, 0) is 26.7 Å². The van der Waals surface area contributed by atoms with Gasteiger partial charge in [-0.25, -0.2) is 9.59 Å². The van der Waals surface area contributed by atoms with Crippen molar-refractivity contribution in [2.24, 2.45) is 0 Å². The van der Waals surface area contributed by atoms with Crippen LogP contribution in [0.4, 0.5) is 4.79 Å². The Morgan fingerprint density at radius 3 is 2.70 bits per heavy atom. The number of hydrogen-bond acceptors (Lipinski definition) is 4. The minimum Gasteiger partial charge on any atom is -0.479 e. The van der Waals surface area contributed by atoms with E-state index in [1.807, 2.05) is 13.8 Å². The summed E-state index contributed by atoms with van der Waals surface area (Å²) in [5.74, 6) is -0.939. The predicted octanol–water partition coefficient (Wildman–Crippen LogP) is 0.687. The molecule has 2 amide bonds. The van der Waals surface area contributed by atoms with E-state index in [-0.39, 0.29) is 12.1 Å². The zero-order chi connectivity index (χ0) is 15.0. The third kappa shape index (κ3) is 5.34. The van der Waals surface area contributed by atoms with E-state index in [2.05, 4.69) is 5.32 Å². The molecule has 116 valence electrons. The molecule has 0 aromatic carbocycles. The summed E-state index contributed by atoms with van der Waals surface area (Å²) in [7, 11) is 0. The molecule has 2 N–H and O–H groups in total. The summed E-state index contributed by atoms with van der Waals surface area (Å²) in [5.41, 5.74) is 0. The van der Waals surface area contributed by atoms with Crippen LogP contribution in [0.5, 0.6) is 0 Å². The first-order valence-corrected chi connectivity index (χ1v) is 7.07. The average molecular weight is 288 g/mol. The van der Waals surface area contributed by atoms with Gasteiger partial charge in [-0.1, -0.05) is 0 Å². The zero-order valence-electron chi connectivity index (χ0n) is 12.1. The molecule has 1 aliphatic rings. The summed E-state index contributed by atoms with van der Waals surface area (Å²) in [6.07, 6.45) is 0.197. The van der Waals surface area contributed by atoms with Crippen LogP contribution < -0.4 is 5.32 Å². The summed E-state index contributed by atoms with van der Waals surface area (Å²) in [4.78, 5) is 24.3. The number of ether oxygens (including phenoxy) is 2. The molecule has 0 radical (unpaired) electrons. The third-order valence-electron chi connectivity index (χ3n) is 3.24. The van der Waals surface area contributed by atoms with Crippen LogP contribution in [0, 0.1) is 0 Å².